The van der Waals surface area contributed by atoms with E-state index < -0.39 is 153 Å². The average Bonchev–Trinajstić information content (AvgIpc) is 1.45. The summed E-state index contributed by atoms with van der Waals surface area (Å²) in [4.78, 5) is 79.2. The predicted octanol–water partition coefficient (Wildman–Crippen LogP) is 3.24. The van der Waals surface area contributed by atoms with Crippen molar-refractivity contribution >= 4 is 141 Å². The van der Waals surface area contributed by atoms with E-state index in [0.717, 1.165) is 46.3 Å². The number of allylic oxidation sites excluding steroid dienone is 4. The number of carbonyl (C=O) groups excluding carboxylic acids is 6. The lowest BCUT2D eigenvalue weighted by atomic mass is 9.78. The Bertz CT molecular complexity index is 5150. The quantitative estimate of drug-likeness (QED) is 0.0246. The molecule has 4 heterocycles. The van der Waals surface area contributed by atoms with Gasteiger partial charge in [0.25, 0.3) is 54.0 Å². The fourth-order valence-corrected chi connectivity index (χ4v) is 13.5. The Morgan fingerprint density at radius 1 is 0.558 bits per heavy atom. The number of rotatable bonds is 25. The van der Waals surface area contributed by atoms with Crippen LogP contribution in [0.2, 0.25) is 0 Å². The van der Waals surface area contributed by atoms with Crippen LogP contribution in [0.15, 0.2) is 108 Å². The molecule has 104 heavy (non-hydrogen) atoms. The van der Waals surface area contributed by atoms with Gasteiger partial charge in [0, 0.05) is 84.8 Å². The van der Waals surface area contributed by atoms with Crippen molar-refractivity contribution in [3.05, 3.63) is 137 Å². The maximum atomic E-state index is 13.6. The number of nitrogens with one attached hydrogen (secondary N) is 4. The van der Waals surface area contributed by atoms with Gasteiger partial charge in [0.15, 0.2) is 5.71 Å². The van der Waals surface area contributed by atoms with Crippen molar-refractivity contribution in [3.63, 3.8) is 0 Å². The lowest BCUT2D eigenvalue weighted by Crippen LogP contribution is -2.32. The molecule has 35 nitrogen and oxygen atoms in total. The monoisotopic (exact) mass is 1580 g/mol. The van der Waals surface area contributed by atoms with Crippen LogP contribution in [0.25, 0.3) is 43.8 Å². The number of amides is 4. The molecule has 42 heteroatoms. The highest BCUT2D eigenvalue weighted by Gasteiger charge is 2.46. The summed E-state index contributed by atoms with van der Waals surface area (Å²) in [5, 5.41) is 12.3. The minimum Gasteiger partial charge on any atom is -0.748 e. The summed E-state index contributed by atoms with van der Waals surface area (Å²) < 4.78 is 216. The molecule has 2 aromatic heterocycles. The summed E-state index contributed by atoms with van der Waals surface area (Å²) in [6.07, 6.45) is 8.34. The van der Waals surface area contributed by atoms with Crippen LogP contribution in [-0.2, 0) is 92.7 Å². The molecule has 0 bridgehead atoms. The zero-order valence-electron chi connectivity index (χ0n) is 56.2. The number of anilines is 1. The molecule has 2 aliphatic heterocycles. The van der Waals surface area contributed by atoms with Gasteiger partial charge in [-0.05, 0) is 133 Å². The van der Waals surface area contributed by atoms with Crippen molar-refractivity contribution in [1.82, 2.24) is 31.2 Å². The topological polar surface area (TPSA) is 557 Å². The van der Waals surface area contributed by atoms with E-state index in [1.54, 1.807) is 38.1 Å². The highest BCUT2D eigenvalue weighted by Crippen LogP contribution is 2.53. The molecular weight excluding hydrogens is 1510 g/mol. The van der Waals surface area contributed by atoms with E-state index in [0.29, 0.717) is 53.8 Å². The van der Waals surface area contributed by atoms with Crippen molar-refractivity contribution in [2.75, 3.05) is 61.4 Å². The van der Waals surface area contributed by atoms with Crippen molar-refractivity contribution in [1.29, 1.82) is 0 Å². The van der Waals surface area contributed by atoms with Crippen LogP contribution in [0.1, 0.15) is 127 Å². The van der Waals surface area contributed by atoms with Gasteiger partial charge in [0.2, 0.25) is 5.69 Å². The van der Waals surface area contributed by atoms with E-state index in [1.165, 1.54) is 24.3 Å². The minimum absolute atomic E-state index is 0.00658. The van der Waals surface area contributed by atoms with Crippen molar-refractivity contribution in [3.8, 4) is 22.3 Å². The van der Waals surface area contributed by atoms with Crippen LogP contribution in [0.5, 0.6) is 0 Å². The van der Waals surface area contributed by atoms with Gasteiger partial charge in [0.05, 0.1) is 27.0 Å². The van der Waals surface area contributed by atoms with Gasteiger partial charge in [-0.1, -0.05) is 64.0 Å². The van der Waals surface area contributed by atoms with Gasteiger partial charge in [0.1, 0.15) is 34.2 Å². The Morgan fingerprint density at radius 3 is 1.42 bits per heavy atom. The number of fused-ring (bicyclic) bond motifs is 6. The molecule has 4 aromatic carbocycles. The molecule has 6 aromatic rings. The highest BCUT2D eigenvalue weighted by molar-refractivity contribution is 7.86. The Labute approximate surface area is 601 Å². The third-order valence-corrected chi connectivity index (χ3v) is 18.7. The largest absolute Gasteiger partial charge is 0.748 e. The first-order valence-corrected chi connectivity index (χ1v) is 39.8. The van der Waals surface area contributed by atoms with E-state index in [2.05, 4.69) is 31.2 Å². The van der Waals surface area contributed by atoms with Gasteiger partial charge >= 0.3 is 38.0 Å². The van der Waals surface area contributed by atoms with Crippen molar-refractivity contribution in [2.45, 2.75) is 89.9 Å². The SMILES string of the molecule is CCCCCN1/C(=C/C=C/C2=[N+](CCCS(=O)(=O)[O-])c3ccc4cc(-c5cc(C(=O)NCC)nc(C(=O)NCC)c5)ccc4c3C2(C)C)C(C)(C)c2c1cc(S(=O)(=O)O)c1cc(-c3cc(C(=O)NCCS(=O)(=O)O)nc(C(=O)NCCS(=O)(=O)O)c3)ccc21.O=C=O.O=S(=O)=O.O=S(=O)=O.O=S(=O)=O. The van der Waals surface area contributed by atoms with Gasteiger partial charge in [-0.25, -0.2) is 18.4 Å². The number of hydrogen-bond acceptors (Lipinski definition) is 27. The van der Waals surface area contributed by atoms with Crippen molar-refractivity contribution < 1.29 is 123 Å². The molecule has 8 rings (SSSR count). The fourth-order valence-electron chi connectivity index (χ4n) is 11.6. The van der Waals surface area contributed by atoms with Gasteiger partial charge in [-0.2, -0.15) is 39.4 Å². The standard InChI is InChI=1S/C61H70N8O16S4.CO2.3O3S/c1-8-11-12-25-69-50-36-51(89(83,84)85)44-31-38(41-34-47(58(72)64-23-28-87(77,78)79)67-48(35-41)59(73)65-24-29-88(80,81)82)18-21-43(44)55(50)61(6,7)53(69)16-13-15-52-60(4,5)54-42-20-17-37(30-39(42)19-22-49(54)68(52)26-14-27-86(74,75)76)40-32-45(56(70)62-9-2)66-46(33-40)57(71)63-10-3;2-1-3;3*1-4(2)3/h13,15-22,30-36H,8-12,14,23-29H2,1-7H3,(H7-,62,63,64,65,70,71,72,73,74,75,76,77,78,79,80,81,82,83,84,85);;;;. The Balaban J connectivity index is 0.00000139. The molecule has 0 fully saturated rings. The Hall–Kier alpha value is -9.59. The summed E-state index contributed by atoms with van der Waals surface area (Å²) in [7, 11) is -27.9. The van der Waals surface area contributed by atoms with Gasteiger partial charge in [-0.15, -0.1) is 37.9 Å². The number of aromatic nitrogens is 2. The molecule has 0 radical (unpaired) electrons. The molecule has 0 saturated carbocycles. The third-order valence-electron chi connectivity index (χ3n) is 15.5. The molecule has 0 unspecified atom stereocenters. The second-order valence-electron chi connectivity index (χ2n) is 23.3. The maximum Gasteiger partial charge on any atom is 0.425 e. The fraction of sp³-hybridized carbons (Fsp3) is 0.355. The Morgan fingerprint density at radius 2 is 1.00 bits per heavy atom. The smallest absolute Gasteiger partial charge is 0.425 e. The molecular formula is C62H70N8O27S7. The van der Waals surface area contributed by atoms with Crippen LogP contribution < -0.4 is 26.2 Å². The van der Waals surface area contributed by atoms with Gasteiger partial charge in [-0.3, -0.25) is 32.8 Å². The average molecular weight is 1580 g/mol. The van der Waals surface area contributed by atoms with Crippen LogP contribution in [0.4, 0.5) is 11.4 Å². The molecule has 4 amide bonds. The first-order chi connectivity index (χ1) is 48.3. The molecule has 0 spiro atoms. The van der Waals surface area contributed by atoms with Crippen LogP contribution >= 0.6 is 0 Å². The maximum absolute atomic E-state index is 13.6. The van der Waals surface area contributed by atoms with E-state index >= 15 is 0 Å². The normalized spacial score (nSPS) is 13.8. The van der Waals surface area contributed by atoms with Gasteiger partial charge < -0.3 is 30.7 Å². The lowest BCUT2D eigenvalue weighted by Gasteiger charge is -2.27. The van der Waals surface area contributed by atoms with E-state index in [4.69, 9.17) is 47.5 Å². The lowest BCUT2D eigenvalue weighted by molar-refractivity contribution is -0.437. The molecule has 562 valence electrons. The summed E-state index contributed by atoms with van der Waals surface area (Å²) in [6, 6.07) is 21.5. The third kappa shape index (κ3) is 24.5. The molecule has 2 aliphatic rings. The number of benzene rings is 4. The first-order valence-electron chi connectivity index (χ1n) is 30.6. The van der Waals surface area contributed by atoms with E-state index in [9.17, 15) is 71.1 Å². The van der Waals surface area contributed by atoms with Crippen LogP contribution in [0, 0.1) is 0 Å². The van der Waals surface area contributed by atoms with E-state index in [-0.39, 0.29) is 47.0 Å². The minimum atomic E-state index is -5.02. The summed E-state index contributed by atoms with van der Waals surface area (Å²) in [6.45, 7) is 13.8. The number of hydrogen-bond donors (Lipinski definition) is 7. The molecule has 0 aliphatic carbocycles. The molecule has 7 N–H and O–H groups in total. The summed E-state index contributed by atoms with van der Waals surface area (Å²) in [5.41, 5.74) is 3.64. The van der Waals surface area contributed by atoms with Crippen LogP contribution in [-0.4, -0.2) is 196 Å². The highest BCUT2D eigenvalue weighted by atomic mass is 32.2. The second-order valence-corrected chi connectivity index (χ2v) is 30.6. The zero-order valence-corrected chi connectivity index (χ0v) is 61.9. The Kier molecular flexibility index (Phi) is 31.1. The molecule has 0 atom stereocenters. The zero-order chi connectivity index (χ0) is 78.6. The first kappa shape index (κ1) is 86.8. The summed E-state index contributed by atoms with van der Waals surface area (Å²) in [5.74, 6) is -5.15. The number of pyridine rings is 2. The predicted molar refractivity (Wildman–Crippen MR) is 371 cm³/mol. The van der Waals surface area contributed by atoms with E-state index in [1.807, 2.05) is 92.7 Å². The molecule has 0 saturated heterocycles. The summed E-state index contributed by atoms with van der Waals surface area (Å²) >= 11 is 0. The number of nitrogens with zero attached hydrogens (tertiary/aromatic N) is 4. The number of unbranched alkanes of at least 4 members (excludes halogenated alkanes) is 2. The number of carbonyl (C=O) groups is 4. The second kappa shape index (κ2) is 37.2. The van der Waals surface area contributed by atoms with Crippen molar-refractivity contribution in [2.24, 2.45) is 0 Å². The van der Waals surface area contributed by atoms with Crippen LogP contribution in [0.3, 0.4) is 0 Å².